The Bertz CT molecular complexity index is 867. The van der Waals surface area contributed by atoms with Gasteiger partial charge in [0.15, 0.2) is 12.1 Å². The molecule has 2 heterocycles. The monoisotopic (exact) mass is 585 g/mol. The van der Waals surface area contributed by atoms with Gasteiger partial charge in [-0.15, -0.1) is 0 Å². The summed E-state index contributed by atoms with van der Waals surface area (Å²) in [6.07, 6.45) is -13.3. The fourth-order valence-electron chi connectivity index (χ4n) is 4.37. The van der Waals surface area contributed by atoms with Crippen LogP contribution in [-0.2, 0) is 33.3 Å². The van der Waals surface area contributed by atoms with Crippen molar-refractivity contribution < 1.29 is 74.2 Å². The van der Waals surface area contributed by atoms with Crippen molar-refractivity contribution in [1.82, 2.24) is 10.6 Å². The van der Waals surface area contributed by atoms with Crippen LogP contribution in [0, 0.1) is 0 Å². The first-order valence-electron chi connectivity index (χ1n) is 12.4. The fourth-order valence-corrected chi connectivity index (χ4v) is 4.37. The molecule has 0 aromatic rings. The van der Waals surface area contributed by atoms with Gasteiger partial charge in [0.2, 0.25) is 11.8 Å². The van der Waals surface area contributed by atoms with Crippen molar-refractivity contribution in [2.45, 2.75) is 93.2 Å². The number of nitrogens with two attached hydrogens (primary N) is 1. The molecule has 232 valence electrons. The highest BCUT2D eigenvalue weighted by Crippen LogP contribution is 2.31. The van der Waals surface area contributed by atoms with E-state index in [0.29, 0.717) is 0 Å². The molecule has 0 saturated carbocycles. The van der Waals surface area contributed by atoms with Crippen molar-refractivity contribution in [3.8, 4) is 0 Å². The van der Waals surface area contributed by atoms with Gasteiger partial charge in [-0.3, -0.25) is 14.4 Å². The molecule has 1 unspecified atom stereocenters. The molecule has 2 rings (SSSR count). The molecule has 0 spiro atoms. The predicted molar refractivity (Wildman–Crippen MR) is 128 cm³/mol. The van der Waals surface area contributed by atoms with Crippen LogP contribution in [0.1, 0.15) is 20.3 Å². The first kappa shape index (κ1) is 34.1. The molecule has 2 aliphatic heterocycles. The zero-order chi connectivity index (χ0) is 30.4. The second-order valence-electron chi connectivity index (χ2n) is 9.81. The van der Waals surface area contributed by atoms with Gasteiger partial charge in [0.25, 0.3) is 0 Å². The summed E-state index contributed by atoms with van der Waals surface area (Å²) in [4.78, 5) is 34.2. The summed E-state index contributed by atoms with van der Waals surface area (Å²) in [6.45, 7) is -0.431. The van der Waals surface area contributed by atoms with Crippen LogP contribution in [0.4, 0.5) is 0 Å². The highest BCUT2D eigenvalue weighted by molar-refractivity contribution is 5.74. The van der Waals surface area contributed by atoms with E-state index in [9.17, 15) is 50.1 Å². The highest BCUT2D eigenvalue weighted by atomic mass is 16.7. The van der Waals surface area contributed by atoms with E-state index in [1.165, 1.54) is 0 Å². The Morgan fingerprint density at radius 1 is 1.07 bits per heavy atom. The summed E-state index contributed by atoms with van der Waals surface area (Å²) in [7, 11) is 0. The number of hydrogen-bond donors (Lipinski definition) is 11. The van der Waals surface area contributed by atoms with Crippen molar-refractivity contribution in [2.24, 2.45) is 5.73 Å². The molecule has 0 aromatic carbocycles. The average Bonchev–Trinajstić information content (AvgIpc) is 2.87. The summed E-state index contributed by atoms with van der Waals surface area (Å²) < 4.78 is 21.8. The first-order valence-corrected chi connectivity index (χ1v) is 12.4. The summed E-state index contributed by atoms with van der Waals surface area (Å²) in [5.41, 5.74) is 5.43. The van der Waals surface area contributed by atoms with E-state index < -0.39 is 124 Å². The number of carbonyl (C=O) groups excluding carboxylic acids is 2. The Kier molecular flexibility index (Phi) is 12.6. The summed E-state index contributed by atoms with van der Waals surface area (Å²) in [5.74, 6) is -4.89. The van der Waals surface area contributed by atoms with Gasteiger partial charge in [0.05, 0.1) is 32.0 Å². The third-order valence-electron chi connectivity index (χ3n) is 6.38. The molecule has 2 fully saturated rings. The molecule has 0 aliphatic carbocycles. The Labute approximate surface area is 228 Å². The lowest BCUT2D eigenvalue weighted by Gasteiger charge is -2.46. The van der Waals surface area contributed by atoms with E-state index in [1.54, 1.807) is 0 Å². The fraction of sp³-hybridized carbons (Fsp3) is 0.864. The van der Waals surface area contributed by atoms with Crippen LogP contribution < -0.4 is 16.4 Å². The minimum Gasteiger partial charge on any atom is -0.480 e. The van der Waals surface area contributed by atoms with Gasteiger partial charge in [-0.25, -0.2) is 0 Å². The van der Waals surface area contributed by atoms with Crippen molar-refractivity contribution >= 4 is 17.8 Å². The van der Waals surface area contributed by atoms with Crippen LogP contribution in [0.5, 0.6) is 0 Å². The predicted octanol–water partition coefficient (Wildman–Crippen LogP) is -6.56. The number of amides is 2. The molecule has 18 nitrogen and oxygen atoms in total. The molecule has 40 heavy (non-hydrogen) atoms. The number of aliphatic hydroxyl groups is 7. The maximum absolute atomic E-state index is 11.6. The lowest BCUT2D eigenvalue weighted by atomic mass is 9.89. The van der Waals surface area contributed by atoms with Crippen LogP contribution in [0.25, 0.3) is 0 Å². The van der Waals surface area contributed by atoms with Gasteiger partial charge in [-0.1, -0.05) is 0 Å². The Balaban J connectivity index is 2.11. The number of carbonyl (C=O) groups is 3. The van der Waals surface area contributed by atoms with E-state index in [2.05, 4.69) is 10.6 Å². The van der Waals surface area contributed by atoms with Gasteiger partial charge >= 0.3 is 5.97 Å². The molecule has 2 saturated heterocycles. The largest absolute Gasteiger partial charge is 0.480 e. The van der Waals surface area contributed by atoms with E-state index in [0.717, 1.165) is 13.8 Å². The van der Waals surface area contributed by atoms with Gasteiger partial charge in [-0.05, 0) is 0 Å². The van der Waals surface area contributed by atoms with Crippen LogP contribution in [-0.4, -0.2) is 158 Å². The molecule has 12 N–H and O–H groups in total. The van der Waals surface area contributed by atoms with Gasteiger partial charge in [0, 0.05) is 20.3 Å². The zero-order valence-corrected chi connectivity index (χ0v) is 21.9. The second kappa shape index (κ2) is 14.7. The molecule has 18 heteroatoms. The zero-order valence-electron chi connectivity index (χ0n) is 21.9. The van der Waals surface area contributed by atoms with Gasteiger partial charge in [0.1, 0.15) is 55.3 Å². The SMILES string of the molecule is CC(=O)N[C@H]1[C@H]([C@H](O)[C@H](O)CO)O[C@](O)(COC[C@H]2OC(OC[C@H](N)C(=O)O)[C@H](NC(C)=O)[C@@H](O)[C@H]2O)C[C@@H]1O. The van der Waals surface area contributed by atoms with E-state index in [1.807, 2.05) is 0 Å². The molecule has 0 radical (unpaired) electrons. The van der Waals surface area contributed by atoms with Crippen molar-refractivity contribution in [3.63, 3.8) is 0 Å². The standard InChI is InChI=1S/C22H39N3O15/c1-8(27)24-14-11(29)3-22(36,40-19(14)16(31)12(30)4-26)7-37-6-13-17(32)18(33)15(25-9(2)28)21(39-13)38-5-10(23)20(34)35/h10-19,21,26,29-33,36H,3-7,23H2,1-2H3,(H,24,27)(H,25,28)(H,34,35)/t10-,11-,12+,13+,14+,15+,16+,17-,18+,19+,21?,22-/m0/s1. The Morgan fingerprint density at radius 3 is 2.23 bits per heavy atom. The molecule has 0 bridgehead atoms. The number of carboxylic acids is 1. The van der Waals surface area contributed by atoms with Crippen molar-refractivity contribution in [3.05, 3.63) is 0 Å². The number of aliphatic hydroxyl groups excluding tert-OH is 6. The number of ether oxygens (including phenoxy) is 4. The molecule has 2 aliphatic rings. The van der Waals surface area contributed by atoms with Crippen molar-refractivity contribution in [1.29, 1.82) is 0 Å². The second-order valence-corrected chi connectivity index (χ2v) is 9.81. The maximum Gasteiger partial charge on any atom is 0.322 e. The van der Waals surface area contributed by atoms with Crippen LogP contribution >= 0.6 is 0 Å². The van der Waals surface area contributed by atoms with Gasteiger partial charge < -0.3 is 76.2 Å². The summed E-state index contributed by atoms with van der Waals surface area (Å²) in [6, 6.07) is -4.04. The van der Waals surface area contributed by atoms with Crippen LogP contribution in [0.2, 0.25) is 0 Å². The van der Waals surface area contributed by atoms with E-state index >= 15 is 0 Å². The minimum atomic E-state index is -2.30. The Hall–Kier alpha value is -2.07. The number of hydrogen-bond acceptors (Lipinski definition) is 15. The number of rotatable bonds is 13. The molecule has 12 atom stereocenters. The minimum absolute atomic E-state index is 0.529. The molecule has 2 amide bonds. The lowest BCUT2D eigenvalue weighted by Crippen LogP contribution is -2.67. The smallest absolute Gasteiger partial charge is 0.322 e. The first-order chi connectivity index (χ1) is 18.6. The normalized spacial score (nSPS) is 36.8. The molecular weight excluding hydrogens is 546 g/mol. The number of carboxylic acid groups (broad SMARTS) is 1. The molecular formula is C22H39N3O15. The topological polar surface area (TPSA) is 300 Å². The van der Waals surface area contributed by atoms with Crippen molar-refractivity contribution in [2.75, 3.05) is 26.4 Å². The van der Waals surface area contributed by atoms with Gasteiger partial charge in [-0.2, -0.15) is 0 Å². The van der Waals surface area contributed by atoms with E-state index in [-0.39, 0.29) is 0 Å². The third kappa shape index (κ3) is 8.96. The van der Waals surface area contributed by atoms with E-state index in [4.69, 9.17) is 29.8 Å². The molecule has 0 aromatic heterocycles. The highest BCUT2D eigenvalue weighted by Gasteiger charge is 2.51. The Morgan fingerprint density at radius 2 is 1.68 bits per heavy atom. The maximum atomic E-state index is 11.6. The lowest BCUT2D eigenvalue weighted by molar-refractivity contribution is -0.322. The van der Waals surface area contributed by atoms with Crippen LogP contribution in [0.15, 0.2) is 0 Å². The van der Waals surface area contributed by atoms with Crippen LogP contribution in [0.3, 0.4) is 0 Å². The number of aliphatic carboxylic acids is 1. The number of nitrogens with one attached hydrogen (secondary N) is 2. The summed E-state index contributed by atoms with van der Waals surface area (Å²) >= 11 is 0. The summed E-state index contributed by atoms with van der Waals surface area (Å²) in [5, 5.41) is 85.7. The quantitative estimate of drug-likeness (QED) is 0.0957. The third-order valence-corrected chi connectivity index (χ3v) is 6.38. The average molecular weight is 586 g/mol.